The van der Waals surface area contributed by atoms with Crippen LogP contribution in [0, 0.1) is 17.2 Å². The van der Waals surface area contributed by atoms with Gasteiger partial charge in [-0.15, -0.1) is 0 Å². The van der Waals surface area contributed by atoms with Gasteiger partial charge in [0.15, 0.2) is 5.65 Å². The first-order valence-electron chi connectivity index (χ1n) is 12.9. The van der Waals surface area contributed by atoms with Crippen LogP contribution >= 0.6 is 0 Å². The molecule has 5 rings (SSSR count). The van der Waals surface area contributed by atoms with Crippen LogP contribution < -0.4 is 5.43 Å². The molecule has 37 heavy (non-hydrogen) atoms. The van der Waals surface area contributed by atoms with Crippen molar-refractivity contribution in [1.29, 1.82) is 5.26 Å². The van der Waals surface area contributed by atoms with E-state index in [1.54, 1.807) is 17.8 Å². The zero-order valence-electron chi connectivity index (χ0n) is 21.1. The molecule has 2 aliphatic carbocycles. The van der Waals surface area contributed by atoms with Crippen LogP contribution in [0.4, 0.5) is 0 Å². The molecule has 0 atom stereocenters. The Labute approximate surface area is 216 Å². The van der Waals surface area contributed by atoms with E-state index < -0.39 is 0 Å². The van der Waals surface area contributed by atoms with Gasteiger partial charge in [0.2, 0.25) is 0 Å². The zero-order valence-corrected chi connectivity index (χ0v) is 21.1. The number of hydrogen-bond donors (Lipinski definition) is 1. The van der Waals surface area contributed by atoms with Crippen LogP contribution in [0.1, 0.15) is 61.3 Å². The normalized spacial score (nSPS) is 21.5. The van der Waals surface area contributed by atoms with Gasteiger partial charge in [0.05, 0.1) is 41.9 Å². The number of hydrogen-bond acceptors (Lipinski definition) is 8. The molecule has 0 spiro atoms. The Morgan fingerprint density at radius 3 is 2.92 bits per heavy atom. The number of allylic oxidation sites excluding steroid dienone is 5. The highest BCUT2D eigenvalue weighted by molar-refractivity contribution is 5.78. The maximum Gasteiger partial charge on any atom is 0.308 e. The van der Waals surface area contributed by atoms with E-state index in [1.807, 2.05) is 11.2 Å². The molecule has 9 nitrogen and oxygen atoms in total. The summed E-state index contributed by atoms with van der Waals surface area (Å²) in [6.07, 6.45) is 20.8. The number of rotatable bonds is 8. The van der Waals surface area contributed by atoms with Gasteiger partial charge in [-0.25, -0.2) is 14.9 Å². The van der Waals surface area contributed by atoms with Crippen LogP contribution in [0.2, 0.25) is 0 Å². The Balaban J connectivity index is 1.33. The van der Waals surface area contributed by atoms with Crippen LogP contribution in [-0.2, 0) is 14.3 Å². The lowest BCUT2D eigenvalue weighted by atomic mass is 9.79. The van der Waals surface area contributed by atoms with Gasteiger partial charge in [0.1, 0.15) is 6.07 Å². The molecule has 0 unspecified atom stereocenters. The summed E-state index contributed by atoms with van der Waals surface area (Å²) < 4.78 is 12.1. The fourth-order valence-electron chi connectivity index (χ4n) is 5.12. The number of aromatic nitrogens is 3. The zero-order chi connectivity index (χ0) is 25.6. The van der Waals surface area contributed by atoms with E-state index in [4.69, 9.17) is 14.5 Å². The fourth-order valence-corrected chi connectivity index (χ4v) is 5.12. The van der Waals surface area contributed by atoms with Crippen LogP contribution in [0.25, 0.3) is 11.2 Å². The molecule has 0 radical (unpaired) electrons. The largest absolute Gasteiger partial charge is 0.465 e. The number of nitrogens with zero attached hydrogens (tertiary/aromatic N) is 5. The smallest absolute Gasteiger partial charge is 0.308 e. The summed E-state index contributed by atoms with van der Waals surface area (Å²) in [5.41, 5.74) is 8.59. The lowest BCUT2D eigenvalue weighted by Crippen LogP contribution is -2.27. The fraction of sp³-hybridized carbons (Fsp3) is 0.429. The molecular weight excluding hydrogens is 468 g/mol. The van der Waals surface area contributed by atoms with Gasteiger partial charge in [0.25, 0.3) is 0 Å². The Kier molecular flexibility index (Phi) is 7.78. The Morgan fingerprint density at radius 1 is 1.24 bits per heavy atom. The second-order valence-corrected chi connectivity index (χ2v) is 9.56. The summed E-state index contributed by atoms with van der Waals surface area (Å²) in [6.45, 7) is 1.63. The first-order valence-corrected chi connectivity index (χ1v) is 12.9. The predicted molar refractivity (Wildman–Crippen MR) is 139 cm³/mol. The molecule has 1 aliphatic heterocycles. The van der Waals surface area contributed by atoms with Crippen molar-refractivity contribution < 1.29 is 14.3 Å². The molecule has 0 aromatic carbocycles. The van der Waals surface area contributed by atoms with E-state index in [-0.39, 0.29) is 17.8 Å². The van der Waals surface area contributed by atoms with E-state index in [2.05, 4.69) is 53.2 Å². The summed E-state index contributed by atoms with van der Waals surface area (Å²) in [5, 5.41) is 16.4. The number of hydrazine groups is 1. The van der Waals surface area contributed by atoms with Crippen LogP contribution in [-0.4, -0.2) is 52.4 Å². The Morgan fingerprint density at radius 2 is 2.11 bits per heavy atom. The molecule has 9 heteroatoms. The maximum atomic E-state index is 12.4. The van der Waals surface area contributed by atoms with Crippen LogP contribution in [0.15, 0.2) is 54.7 Å². The second-order valence-electron chi connectivity index (χ2n) is 9.56. The maximum absolute atomic E-state index is 12.4. The number of methoxy groups -OCH3 is 1. The van der Waals surface area contributed by atoms with E-state index >= 15 is 0 Å². The number of nitriles is 1. The third kappa shape index (κ3) is 5.50. The quantitative estimate of drug-likeness (QED) is 0.428. The third-order valence-electron chi connectivity index (χ3n) is 7.14. The minimum absolute atomic E-state index is 0.0959. The lowest BCUT2D eigenvalue weighted by Gasteiger charge is -2.27. The van der Waals surface area contributed by atoms with Crippen molar-refractivity contribution in [3.63, 3.8) is 0 Å². The minimum atomic E-state index is -0.129. The molecule has 2 aromatic rings. The standard InChI is InChI=1S/C28H32N6O3/c1-36-13-6-14-37-28(35)21-11-9-20(10-12-21)26-22(15-29)18-34-27(32-26)25(17-31-34)23-16-30-33(19-23)24-7-4-2-3-5-8-24/h2,4-5,7-8,17-21,30H,3,6,9-14,16H2,1H3. The number of nitrogens with one attached hydrogen (secondary N) is 1. The van der Waals surface area contributed by atoms with Gasteiger partial charge in [-0.1, -0.05) is 18.2 Å². The summed E-state index contributed by atoms with van der Waals surface area (Å²) in [4.78, 5) is 17.4. The summed E-state index contributed by atoms with van der Waals surface area (Å²) in [5.74, 6) is -0.0995. The predicted octanol–water partition coefficient (Wildman–Crippen LogP) is 4.02. The summed E-state index contributed by atoms with van der Waals surface area (Å²) >= 11 is 0. The van der Waals surface area contributed by atoms with Crippen molar-refractivity contribution in [3.05, 3.63) is 71.5 Å². The topological polar surface area (TPSA) is 105 Å². The number of esters is 1. The highest BCUT2D eigenvalue weighted by Crippen LogP contribution is 2.37. The van der Waals surface area contributed by atoms with E-state index in [1.165, 1.54) is 0 Å². The Bertz CT molecular complexity index is 1310. The number of ether oxygens (including phenoxy) is 2. The molecule has 0 saturated heterocycles. The van der Waals surface area contributed by atoms with Gasteiger partial charge in [-0.2, -0.15) is 10.4 Å². The number of carbonyl (C=O) groups is 1. The molecule has 1 fully saturated rings. The molecule has 1 N–H and O–H groups in total. The van der Waals surface area contributed by atoms with Crippen molar-refractivity contribution in [1.82, 2.24) is 25.0 Å². The van der Waals surface area contributed by atoms with Crippen molar-refractivity contribution in [2.75, 3.05) is 26.9 Å². The van der Waals surface area contributed by atoms with Gasteiger partial charge < -0.3 is 9.47 Å². The first kappa shape index (κ1) is 24.9. The van der Waals surface area contributed by atoms with Crippen LogP contribution in [0.5, 0.6) is 0 Å². The molecule has 3 aliphatic rings. The molecule has 192 valence electrons. The monoisotopic (exact) mass is 500 g/mol. The highest BCUT2D eigenvalue weighted by atomic mass is 16.5. The molecule has 2 aromatic heterocycles. The van der Waals surface area contributed by atoms with Gasteiger partial charge >= 0.3 is 5.97 Å². The van der Waals surface area contributed by atoms with Crippen molar-refractivity contribution >= 4 is 17.2 Å². The van der Waals surface area contributed by atoms with E-state index in [9.17, 15) is 10.1 Å². The summed E-state index contributed by atoms with van der Waals surface area (Å²) in [6, 6.07) is 2.31. The van der Waals surface area contributed by atoms with Crippen LogP contribution in [0.3, 0.4) is 0 Å². The summed E-state index contributed by atoms with van der Waals surface area (Å²) in [7, 11) is 1.64. The molecular formula is C28H32N6O3. The highest BCUT2D eigenvalue weighted by Gasteiger charge is 2.31. The van der Waals surface area contributed by atoms with Gasteiger partial charge in [0, 0.05) is 44.4 Å². The van der Waals surface area contributed by atoms with Crippen molar-refractivity contribution in [2.24, 2.45) is 5.92 Å². The van der Waals surface area contributed by atoms with Gasteiger partial charge in [-0.05, 0) is 49.8 Å². The van der Waals surface area contributed by atoms with E-state index in [0.717, 1.165) is 60.3 Å². The van der Waals surface area contributed by atoms with E-state index in [0.29, 0.717) is 31.7 Å². The first-order chi connectivity index (χ1) is 18.2. The van der Waals surface area contributed by atoms with Crippen molar-refractivity contribution in [2.45, 2.75) is 44.4 Å². The third-order valence-corrected chi connectivity index (χ3v) is 7.14. The second kappa shape index (κ2) is 11.5. The number of carbonyl (C=O) groups excluding carboxylic acids is 1. The lowest BCUT2D eigenvalue weighted by molar-refractivity contribution is -0.150. The SMILES string of the molecule is COCCCOC(=O)C1CCC(c2nc3c(C4=CN(C5=CC=CCC=C5)NC4)cnn3cc2C#N)CC1. The molecule has 1 saturated carbocycles. The average molecular weight is 501 g/mol. The minimum Gasteiger partial charge on any atom is -0.465 e. The molecule has 3 heterocycles. The average Bonchev–Trinajstić information content (AvgIpc) is 3.49. The molecule has 0 bridgehead atoms. The van der Waals surface area contributed by atoms with Gasteiger partial charge in [-0.3, -0.25) is 9.80 Å². The number of fused-ring (bicyclic) bond motifs is 1. The Hall–Kier alpha value is -3.74. The molecule has 0 amide bonds. The van der Waals surface area contributed by atoms with Crippen molar-refractivity contribution in [3.8, 4) is 6.07 Å².